The van der Waals surface area contributed by atoms with Gasteiger partial charge in [-0.3, -0.25) is 0 Å². The maximum atomic E-state index is 11.2. The van der Waals surface area contributed by atoms with E-state index >= 15 is 0 Å². The second kappa shape index (κ2) is 10.9. The van der Waals surface area contributed by atoms with Crippen LogP contribution in [0.5, 0.6) is 0 Å². The van der Waals surface area contributed by atoms with Gasteiger partial charge in [-0.05, 0) is 128 Å². The van der Waals surface area contributed by atoms with Gasteiger partial charge in [0.25, 0.3) is 0 Å². The smallest absolute Gasteiger partial charge is 0.335 e. The predicted molar refractivity (Wildman–Crippen MR) is 144 cm³/mol. The molecule has 4 saturated carbocycles. The topological polar surface area (TPSA) is 55.8 Å². The molecule has 0 radical (unpaired) electrons. The van der Waals surface area contributed by atoms with E-state index in [2.05, 4.69) is 31.2 Å². The van der Waals surface area contributed by atoms with E-state index in [1.807, 2.05) is 19.1 Å². The summed E-state index contributed by atoms with van der Waals surface area (Å²) in [6.45, 7) is 5.96. The standard InChI is InChI=1S/C32H40O4/c1-3-35-21-36-12-4-5-27-10-11-29(22(2)13-23-6-8-28(9-7-23)31(33)34)17-30(27)32-18-24-14-25(19-32)16-26(15-24)20-32/h6-11,13,17,24-26H,3-5,12,14-16,18-21H2,1-2H3,(H,33,34)/b22-13+. The van der Waals surface area contributed by atoms with Crippen molar-refractivity contribution in [1.29, 1.82) is 0 Å². The fourth-order valence-electron chi connectivity index (χ4n) is 7.60. The average Bonchev–Trinajstić information content (AvgIpc) is 2.85. The number of ether oxygens (including phenoxy) is 2. The van der Waals surface area contributed by atoms with Gasteiger partial charge in [0.1, 0.15) is 6.79 Å². The minimum atomic E-state index is -0.888. The van der Waals surface area contributed by atoms with E-state index in [0.29, 0.717) is 24.4 Å². The van der Waals surface area contributed by atoms with E-state index in [1.54, 1.807) is 17.7 Å². The molecule has 1 N–H and O–H groups in total. The fourth-order valence-corrected chi connectivity index (χ4v) is 7.60. The summed E-state index contributed by atoms with van der Waals surface area (Å²) < 4.78 is 11.0. The Bertz CT molecular complexity index is 1060. The van der Waals surface area contributed by atoms with Gasteiger partial charge < -0.3 is 14.6 Å². The minimum absolute atomic E-state index is 0.323. The number of aryl methyl sites for hydroxylation is 1. The van der Waals surface area contributed by atoms with Crippen molar-refractivity contribution in [3.63, 3.8) is 0 Å². The molecule has 4 aliphatic carbocycles. The van der Waals surface area contributed by atoms with E-state index in [4.69, 9.17) is 9.47 Å². The lowest BCUT2D eigenvalue weighted by Gasteiger charge is -2.57. The van der Waals surface area contributed by atoms with Gasteiger partial charge >= 0.3 is 5.97 Å². The molecule has 0 spiro atoms. The summed E-state index contributed by atoms with van der Waals surface area (Å²) in [6, 6.07) is 14.3. The molecule has 4 heteroatoms. The number of allylic oxidation sites excluding steroid dienone is 1. The number of carboxylic acids is 1. The lowest BCUT2D eigenvalue weighted by molar-refractivity contribution is -0.0498. The third kappa shape index (κ3) is 5.45. The van der Waals surface area contributed by atoms with Crippen molar-refractivity contribution >= 4 is 17.6 Å². The Kier molecular flexibility index (Phi) is 7.64. The molecule has 0 unspecified atom stereocenters. The lowest BCUT2D eigenvalue weighted by Crippen LogP contribution is -2.49. The Balaban J connectivity index is 1.41. The highest BCUT2D eigenvalue weighted by molar-refractivity contribution is 5.88. The molecule has 4 aliphatic rings. The molecule has 0 amide bonds. The second-order valence-electron chi connectivity index (χ2n) is 11.4. The van der Waals surface area contributed by atoms with Crippen molar-refractivity contribution in [2.75, 3.05) is 20.0 Å². The van der Waals surface area contributed by atoms with E-state index in [-0.39, 0.29) is 0 Å². The van der Waals surface area contributed by atoms with Crippen LogP contribution in [-0.4, -0.2) is 31.1 Å². The highest BCUT2D eigenvalue weighted by Gasteiger charge is 2.52. The van der Waals surface area contributed by atoms with Gasteiger partial charge in [-0.25, -0.2) is 4.79 Å². The number of hydrogen-bond acceptors (Lipinski definition) is 3. The van der Waals surface area contributed by atoms with Crippen molar-refractivity contribution in [1.82, 2.24) is 0 Å². The van der Waals surface area contributed by atoms with Crippen LogP contribution in [0.3, 0.4) is 0 Å². The molecule has 6 rings (SSSR count). The zero-order chi connectivity index (χ0) is 25.1. The Hall–Kier alpha value is -2.43. The number of carboxylic acid groups (broad SMARTS) is 1. The number of aromatic carboxylic acids is 1. The highest BCUT2D eigenvalue weighted by atomic mass is 16.7. The van der Waals surface area contributed by atoms with E-state index in [0.717, 1.165) is 42.8 Å². The maximum absolute atomic E-state index is 11.2. The molecule has 36 heavy (non-hydrogen) atoms. The normalized spacial score (nSPS) is 26.9. The SMILES string of the molecule is CCOCOCCCc1ccc(/C(C)=C/c2ccc(C(=O)O)cc2)cc1C12CC3CC(CC(C3)C1)C2. The Morgan fingerprint density at radius 3 is 2.22 bits per heavy atom. The predicted octanol–water partition coefficient (Wildman–Crippen LogP) is 7.36. The van der Waals surface area contributed by atoms with Crippen molar-refractivity contribution in [3.8, 4) is 0 Å². The van der Waals surface area contributed by atoms with Gasteiger partial charge in [0.2, 0.25) is 0 Å². The average molecular weight is 489 g/mol. The summed E-state index contributed by atoms with van der Waals surface area (Å²) in [6.07, 6.45) is 12.6. The molecule has 0 aromatic heterocycles. The van der Waals surface area contributed by atoms with Crippen LogP contribution < -0.4 is 0 Å². The highest BCUT2D eigenvalue weighted by Crippen LogP contribution is 2.61. The number of rotatable bonds is 11. The zero-order valence-electron chi connectivity index (χ0n) is 21.8. The molecule has 2 aromatic rings. The number of carbonyl (C=O) groups is 1. The first-order chi connectivity index (χ1) is 17.5. The summed E-state index contributed by atoms with van der Waals surface area (Å²) >= 11 is 0. The quantitative estimate of drug-likeness (QED) is 0.204. The third-order valence-corrected chi connectivity index (χ3v) is 8.82. The molecule has 192 valence electrons. The van der Waals surface area contributed by atoms with Crippen molar-refractivity contribution < 1.29 is 19.4 Å². The van der Waals surface area contributed by atoms with Gasteiger partial charge in [0.05, 0.1) is 5.56 Å². The van der Waals surface area contributed by atoms with Gasteiger partial charge in [-0.1, -0.05) is 36.4 Å². The zero-order valence-corrected chi connectivity index (χ0v) is 21.8. The van der Waals surface area contributed by atoms with Crippen LogP contribution in [-0.2, 0) is 21.3 Å². The molecular formula is C32H40O4. The van der Waals surface area contributed by atoms with Crippen molar-refractivity contribution in [3.05, 3.63) is 70.3 Å². The Morgan fingerprint density at radius 1 is 0.972 bits per heavy atom. The maximum Gasteiger partial charge on any atom is 0.335 e. The molecule has 0 saturated heterocycles. The van der Waals surface area contributed by atoms with Crippen LogP contribution in [0.2, 0.25) is 0 Å². The Labute approximate surface area is 215 Å². The summed E-state index contributed by atoms with van der Waals surface area (Å²) in [5.41, 5.74) is 7.29. The molecule has 4 nitrogen and oxygen atoms in total. The van der Waals surface area contributed by atoms with Gasteiger partial charge in [-0.15, -0.1) is 0 Å². The third-order valence-electron chi connectivity index (χ3n) is 8.82. The molecule has 2 aromatic carbocycles. The van der Waals surface area contributed by atoms with Crippen LogP contribution >= 0.6 is 0 Å². The van der Waals surface area contributed by atoms with Crippen LogP contribution in [0.4, 0.5) is 0 Å². The second-order valence-corrected chi connectivity index (χ2v) is 11.4. The number of benzene rings is 2. The van der Waals surface area contributed by atoms with Crippen molar-refractivity contribution in [2.24, 2.45) is 17.8 Å². The minimum Gasteiger partial charge on any atom is -0.478 e. The molecule has 4 bridgehead atoms. The molecular weight excluding hydrogens is 448 g/mol. The van der Waals surface area contributed by atoms with Crippen LogP contribution in [0, 0.1) is 17.8 Å². The lowest BCUT2D eigenvalue weighted by atomic mass is 9.47. The molecule has 0 aliphatic heterocycles. The summed E-state index contributed by atoms with van der Waals surface area (Å²) in [5, 5.41) is 9.19. The van der Waals surface area contributed by atoms with Crippen LogP contribution in [0.1, 0.15) is 91.4 Å². The summed E-state index contributed by atoms with van der Waals surface area (Å²) in [7, 11) is 0. The fraction of sp³-hybridized carbons (Fsp3) is 0.531. The molecule has 0 heterocycles. The first kappa shape index (κ1) is 25.2. The molecule has 0 atom stereocenters. The monoisotopic (exact) mass is 488 g/mol. The number of hydrogen-bond donors (Lipinski definition) is 1. The Morgan fingerprint density at radius 2 is 1.61 bits per heavy atom. The van der Waals surface area contributed by atoms with E-state index < -0.39 is 5.97 Å². The first-order valence-corrected chi connectivity index (χ1v) is 13.8. The van der Waals surface area contributed by atoms with Gasteiger partial charge in [0.15, 0.2) is 0 Å². The van der Waals surface area contributed by atoms with Crippen LogP contribution in [0.25, 0.3) is 11.6 Å². The van der Waals surface area contributed by atoms with Gasteiger partial charge in [0, 0.05) is 13.2 Å². The van der Waals surface area contributed by atoms with E-state index in [1.165, 1.54) is 55.2 Å². The van der Waals surface area contributed by atoms with Gasteiger partial charge in [-0.2, -0.15) is 0 Å². The summed E-state index contributed by atoms with van der Waals surface area (Å²) in [5.74, 6) is 1.84. The first-order valence-electron chi connectivity index (χ1n) is 13.8. The van der Waals surface area contributed by atoms with E-state index in [9.17, 15) is 9.90 Å². The summed E-state index contributed by atoms with van der Waals surface area (Å²) in [4.78, 5) is 11.2. The van der Waals surface area contributed by atoms with Crippen molar-refractivity contribution in [2.45, 2.75) is 70.6 Å². The molecule has 4 fully saturated rings. The largest absolute Gasteiger partial charge is 0.478 e. The van der Waals surface area contributed by atoms with Crippen LogP contribution in [0.15, 0.2) is 42.5 Å².